The Balaban J connectivity index is 2.27. The van der Waals surface area contributed by atoms with Gasteiger partial charge in [-0.15, -0.1) is 0 Å². The van der Waals surface area contributed by atoms with E-state index in [0.29, 0.717) is 0 Å². The third kappa shape index (κ3) is 3.65. The summed E-state index contributed by atoms with van der Waals surface area (Å²) >= 11 is 0. The molecule has 1 atom stereocenters. The van der Waals surface area contributed by atoms with Crippen LogP contribution < -0.4 is 0 Å². The zero-order chi connectivity index (χ0) is 9.68. The molecule has 13 heavy (non-hydrogen) atoms. The molecule has 1 saturated heterocycles. The molecule has 1 heterocycles. The van der Waals surface area contributed by atoms with Crippen molar-refractivity contribution in [3.05, 3.63) is 0 Å². The lowest BCUT2D eigenvalue weighted by molar-refractivity contribution is 0.197. The van der Waals surface area contributed by atoms with Crippen molar-refractivity contribution in [1.29, 1.82) is 0 Å². The standard InChI is InChI=1S/C11H24N2/c1-4-7-11(12(2)3)10-13-8-5-6-9-13/h11H,4-10H2,1-3H3. The van der Waals surface area contributed by atoms with Gasteiger partial charge in [-0.2, -0.15) is 0 Å². The lowest BCUT2D eigenvalue weighted by Crippen LogP contribution is -2.39. The summed E-state index contributed by atoms with van der Waals surface area (Å²) in [5, 5.41) is 0. The van der Waals surface area contributed by atoms with Crippen LogP contribution in [0.2, 0.25) is 0 Å². The average Bonchev–Trinajstić information content (AvgIpc) is 2.56. The third-order valence-electron chi connectivity index (χ3n) is 3.02. The Hall–Kier alpha value is -0.0800. The van der Waals surface area contributed by atoms with Gasteiger partial charge in [-0.05, 0) is 46.4 Å². The summed E-state index contributed by atoms with van der Waals surface area (Å²) in [4.78, 5) is 4.99. The van der Waals surface area contributed by atoms with Gasteiger partial charge in [0, 0.05) is 12.6 Å². The van der Waals surface area contributed by atoms with Crippen LogP contribution in [-0.2, 0) is 0 Å². The molecule has 2 heteroatoms. The summed E-state index contributed by atoms with van der Waals surface area (Å²) in [6.07, 6.45) is 5.46. The molecule has 0 spiro atoms. The summed E-state index contributed by atoms with van der Waals surface area (Å²) < 4.78 is 0. The molecule has 0 bridgehead atoms. The first-order chi connectivity index (χ1) is 6.24. The molecule has 0 aromatic heterocycles. The quantitative estimate of drug-likeness (QED) is 0.643. The number of hydrogen-bond acceptors (Lipinski definition) is 2. The molecule has 0 aromatic carbocycles. The third-order valence-corrected chi connectivity index (χ3v) is 3.02. The number of likely N-dealkylation sites (tertiary alicyclic amines) is 1. The molecule has 0 radical (unpaired) electrons. The van der Waals surface area contributed by atoms with Crippen molar-refractivity contribution in [3.8, 4) is 0 Å². The average molecular weight is 184 g/mol. The monoisotopic (exact) mass is 184 g/mol. The van der Waals surface area contributed by atoms with Crippen LogP contribution >= 0.6 is 0 Å². The van der Waals surface area contributed by atoms with Crippen LogP contribution in [0.25, 0.3) is 0 Å². The Morgan fingerprint density at radius 1 is 1.23 bits per heavy atom. The molecule has 0 aliphatic carbocycles. The maximum atomic E-state index is 2.61. The fourth-order valence-corrected chi connectivity index (χ4v) is 2.11. The van der Waals surface area contributed by atoms with Crippen LogP contribution in [0.5, 0.6) is 0 Å². The Morgan fingerprint density at radius 2 is 1.85 bits per heavy atom. The van der Waals surface area contributed by atoms with E-state index in [0.717, 1.165) is 6.04 Å². The first-order valence-corrected chi connectivity index (χ1v) is 5.62. The number of hydrogen-bond donors (Lipinski definition) is 0. The summed E-state index contributed by atoms with van der Waals surface area (Å²) in [5.74, 6) is 0. The topological polar surface area (TPSA) is 6.48 Å². The van der Waals surface area contributed by atoms with Gasteiger partial charge in [0.05, 0.1) is 0 Å². The van der Waals surface area contributed by atoms with E-state index in [9.17, 15) is 0 Å². The van der Waals surface area contributed by atoms with Gasteiger partial charge >= 0.3 is 0 Å². The molecular formula is C11H24N2. The van der Waals surface area contributed by atoms with Gasteiger partial charge in [0.1, 0.15) is 0 Å². The van der Waals surface area contributed by atoms with E-state index in [2.05, 4.69) is 30.8 Å². The van der Waals surface area contributed by atoms with Gasteiger partial charge in [-0.1, -0.05) is 13.3 Å². The zero-order valence-corrected chi connectivity index (χ0v) is 9.42. The molecule has 78 valence electrons. The molecule has 0 saturated carbocycles. The van der Waals surface area contributed by atoms with Crippen molar-refractivity contribution in [2.24, 2.45) is 0 Å². The SMILES string of the molecule is CCCC(CN1CCCC1)N(C)C. The summed E-state index contributed by atoms with van der Waals surface area (Å²) in [7, 11) is 4.41. The van der Waals surface area contributed by atoms with Gasteiger partial charge in [0.25, 0.3) is 0 Å². The molecule has 1 aliphatic rings. The molecule has 2 nitrogen and oxygen atoms in total. The molecule has 1 aliphatic heterocycles. The first-order valence-electron chi connectivity index (χ1n) is 5.62. The fraction of sp³-hybridized carbons (Fsp3) is 1.00. The highest BCUT2D eigenvalue weighted by atomic mass is 15.2. The molecule has 1 unspecified atom stereocenters. The van der Waals surface area contributed by atoms with Gasteiger partial charge < -0.3 is 9.80 Å². The van der Waals surface area contributed by atoms with Crippen molar-refractivity contribution >= 4 is 0 Å². The largest absolute Gasteiger partial charge is 0.305 e. The van der Waals surface area contributed by atoms with Crippen molar-refractivity contribution < 1.29 is 0 Å². The minimum atomic E-state index is 0.767. The molecule has 0 aromatic rings. The van der Waals surface area contributed by atoms with Crippen LogP contribution in [0.1, 0.15) is 32.6 Å². The predicted octanol–water partition coefficient (Wildman–Crippen LogP) is 1.81. The maximum absolute atomic E-state index is 2.61. The Morgan fingerprint density at radius 3 is 2.31 bits per heavy atom. The molecule has 0 amide bonds. The number of nitrogens with zero attached hydrogens (tertiary/aromatic N) is 2. The smallest absolute Gasteiger partial charge is 0.0216 e. The minimum absolute atomic E-state index is 0.767. The summed E-state index contributed by atoms with van der Waals surface area (Å²) in [6.45, 7) is 6.21. The van der Waals surface area contributed by atoms with E-state index in [-0.39, 0.29) is 0 Å². The number of likely N-dealkylation sites (N-methyl/N-ethyl adjacent to an activating group) is 1. The Labute approximate surface area is 82.9 Å². The zero-order valence-electron chi connectivity index (χ0n) is 9.42. The highest BCUT2D eigenvalue weighted by molar-refractivity contribution is 4.74. The summed E-state index contributed by atoms with van der Waals surface area (Å²) in [5.41, 5.74) is 0. The fourth-order valence-electron chi connectivity index (χ4n) is 2.11. The predicted molar refractivity (Wildman–Crippen MR) is 58.1 cm³/mol. The lowest BCUT2D eigenvalue weighted by atomic mass is 10.1. The summed E-state index contributed by atoms with van der Waals surface area (Å²) in [6, 6.07) is 0.767. The lowest BCUT2D eigenvalue weighted by Gasteiger charge is -2.28. The Kier molecular flexibility index (Phi) is 4.74. The van der Waals surface area contributed by atoms with Gasteiger partial charge in [0.2, 0.25) is 0 Å². The molecule has 1 fully saturated rings. The van der Waals surface area contributed by atoms with Crippen molar-refractivity contribution in [3.63, 3.8) is 0 Å². The minimum Gasteiger partial charge on any atom is -0.305 e. The van der Waals surface area contributed by atoms with Gasteiger partial charge in [-0.3, -0.25) is 0 Å². The van der Waals surface area contributed by atoms with E-state index in [4.69, 9.17) is 0 Å². The van der Waals surface area contributed by atoms with Crippen molar-refractivity contribution in [1.82, 2.24) is 9.80 Å². The van der Waals surface area contributed by atoms with Gasteiger partial charge in [-0.25, -0.2) is 0 Å². The second-order valence-electron chi connectivity index (χ2n) is 4.41. The van der Waals surface area contributed by atoms with E-state index in [1.807, 2.05) is 0 Å². The highest BCUT2D eigenvalue weighted by Gasteiger charge is 2.17. The van der Waals surface area contributed by atoms with Crippen LogP contribution in [0, 0.1) is 0 Å². The second-order valence-corrected chi connectivity index (χ2v) is 4.41. The van der Waals surface area contributed by atoms with E-state index in [1.165, 1.54) is 45.3 Å². The molecule has 0 N–H and O–H groups in total. The number of rotatable bonds is 5. The first kappa shape index (κ1) is 11.0. The maximum Gasteiger partial charge on any atom is 0.0216 e. The van der Waals surface area contributed by atoms with Crippen LogP contribution in [0.3, 0.4) is 0 Å². The second kappa shape index (κ2) is 5.61. The Bertz CT molecular complexity index is 128. The molecule has 1 rings (SSSR count). The van der Waals surface area contributed by atoms with Crippen LogP contribution in [-0.4, -0.2) is 49.6 Å². The van der Waals surface area contributed by atoms with Gasteiger partial charge in [0.15, 0.2) is 0 Å². The van der Waals surface area contributed by atoms with Crippen molar-refractivity contribution in [2.45, 2.75) is 38.6 Å². The normalized spacial score (nSPS) is 21.2. The van der Waals surface area contributed by atoms with Crippen LogP contribution in [0.4, 0.5) is 0 Å². The molecular weight excluding hydrogens is 160 g/mol. The van der Waals surface area contributed by atoms with E-state index >= 15 is 0 Å². The van der Waals surface area contributed by atoms with E-state index < -0.39 is 0 Å². The van der Waals surface area contributed by atoms with Crippen molar-refractivity contribution in [2.75, 3.05) is 33.7 Å². The highest BCUT2D eigenvalue weighted by Crippen LogP contribution is 2.11. The van der Waals surface area contributed by atoms with E-state index in [1.54, 1.807) is 0 Å². The van der Waals surface area contributed by atoms with Crippen LogP contribution in [0.15, 0.2) is 0 Å².